The zero-order chi connectivity index (χ0) is 24.7. The lowest BCUT2D eigenvalue weighted by Crippen LogP contribution is -2.39. The van der Waals surface area contributed by atoms with Crippen LogP contribution in [0, 0.1) is 6.92 Å². The topological polar surface area (TPSA) is 162 Å². The van der Waals surface area contributed by atoms with Gasteiger partial charge in [-0.15, -0.1) is 0 Å². The van der Waals surface area contributed by atoms with E-state index in [-0.39, 0.29) is 21.9 Å². The van der Waals surface area contributed by atoms with Crippen molar-refractivity contribution in [2.24, 2.45) is 4.99 Å². The van der Waals surface area contributed by atoms with Crippen LogP contribution in [0.1, 0.15) is 40.4 Å². The monoisotopic (exact) mass is 489 g/mol. The number of carbonyl (C=O) groups excluding carboxylic acids is 2. The van der Waals surface area contributed by atoms with Gasteiger partial charge in [-0.1, -0.05) is 11.6 Å². The highest BCUT2D eigenvalue weighted by atomic mass is 35.5. The molecule has 1 atom stereocenters. The zero-order valence-corrected chi connectivity index (χ0v) is 19.1. The average molecular weight is 490 g/mol. The number of phenols is 1. The number of nitrogens with one attached hydrogen (secondary N) is 3. The molecule has 1 aliphatic heterocycles. The molecule has 12 heteroatoms. The predicted octanol–water partition coefficient (Wildman–Crippen LogP) is 2.00. The number of carboxylic acids is 1. The number of rotatable bonds is 8. The average Bonchev–Trinajstić information content (AvgIpc) is 2.80. The van der Waals surface area contributed by atoms with Crippen molar-refractivity contribution in [1.29, 1.82) is 0 Å². The van der Waals surface area contributed by atoms with E-state index in [1.54, 1.807) is 6.92 Å². The standard InChI is InChI=1S/C22H24ClN5O6/c1-12-5-14(23)7-16(20(12)32)17(8-19(30)31)28-18(29)11-26-21(33)13-6-15(10-24-9-13)27-22-25-3-2-4-34-22/h5-7,9-10,17,32H,2-4,8,11H2,1H3,(H,25,27)(H,26,33)(H,28,29)(H,30,31)/t17-/m1/s1. The molecule has 0 aliphatic carbocycles. The SMILES string of the molecule is Cc1cc(Cl)cc([C@@H](CC(=O)O)NC(=O)CNC(=O)c2cncc(NC3=NCCCO3)c2)c1O. The molecule has 0 saturated heterocycles. The number of aromatic hydroxyl groups is 1. The number of nitrogens with zero attached hydrogens (tertiary/aromatic N) is 2. The fourth-order valence-electron chi connectivity index (χ4n) is 3.24. The van der Waals surface area contributed by atoms with Crippen LogP contribution in [0.4, 0.5) is 5.69 Å². The van der Waals surface area contributed by atoms with Crippen molar-refractivity contribution in [2.75, 3.05) is 25.0 Å². The molecular weight excluding hydrogens is 466 g/mol. The molecule has 34 heavy (non-hydrogen) atoms. The van der Waals surface area contributed by atoms with Gasteiger partial charge in [-0.3, -0.25) is 19.4 Å². The summed E-state index contributed by atoms with van der Waals surface area (Å²) in [6, 6.07) is 3.73. The van der Waals surface area contributed by atoms with E-state index < -0.39 is 36.8 Å². The first-order valence-corrected chi connectivity index (χ1v) is 10.8. The molecule has 0 bridgehead atoms. The van der Waals surface area contributed by atoms with Crippen LogP contribution in [0.25, 0.3) is 0 Å². The van der Waals surface area contributed by atoms with E-state index in [1.807, 2.05) is 0 Å². The summed E-state index contributed by atoms with van der Waals surface area (Å²) in [4.78, 5) is 44.5. The van der Waals surface area contributed by atoms with Crippen molar-refractivity contribution in [3.63, 3.8) is 0 Å². The van der Waals surface area contributed by atoms with Crippen LogP contribution in [0.15, 0.2) is 35.6 Å². The second-order valence-corrected chi connectivity index (χ2v) is 7.97. The van der Waals surface area contributed by atoms with Gasteiger partial charge in [0.2, 0.25) is 5.91 Å². The number of amides is 2. The number of hydrogen-bond donors (Lipinski definition) is 5. The number of benzene rings is 1. The lowest BCUT2D eigenvalue weighted by atomic mass is 10.00. The summed E-state index contributed by atoms with van der Waals surface area (Å²) in [5.74, 6) is -2.56. The Morgan fingerprint density at radius 1 is 1.24 bits per heavy atom. The summed E-state index contributed by atoms with van der Waals surface area (Å²) in [6.45, 7) is 2.36. The van der Waals surface area contributed by atoms with Crippen LogP contribution >= 0.6 is 11.6 Å². The van der Waals surface area contributed by atoms with Crippen molar-refractivity contribution in [3.8, 4) is 5.75 Å². The van der Waals surface area contributed by atoms with Gasteiger partial charge in [0.25, 0.3) is 11.9 Å². The number of carboxylic acid groups (broad SMARTS) is 1. The first kappa shape index (κ1) is 24.8. The van der Waals surface area contributed by atoms with Crippen molar-refractivity contribution >= 4 is 41.1 Å². The van der Waals surface area contributed by atoms with E-state index in [9.17, 15) is 24.6 Å². The van der Waals surface area contributed by atoms with Gasteiger partial charge in [0.1, 0.15) is 5.75 Å². The quantitative estimate of drug-likeness (QED) is 0.376. The van der Waals surface area contributed by atoms with Gasteiger partial charge < -0.3 is 30.9 Å². The summed E-state index contributed by atoms with van der Waals surface area (Å²) in [5, 5.41) is 27.8. The van der Waals surface area contributed by atoms with E-state index in [1.165, 1.54) is 30.6 Å². The summed E-state index contributed by atoms with van der Waals surface area (Å²) < 4.78 is 5.37. The smallest absolute Gasteiger partial charge is 0.305 e. The van der Waals surface area contributed by atoms with E-state index in [0.717, 1.165) is 6.42 Å². The van der Waals surface area contributed by atoms with Gasteiger partial charge >= 0.3 is 5.97 Å². The number of halogens is 1. The molecule has 1 aromatic heterocycles. The first-order chi connectivity index (χ1) is 16.2. The van der Waals surface area contributed by atoms with Gasteiger partial charge in [0.15, 0.2) is 0 Å². The van der Waals surface area contributed by atoms with Gasteiger partial charge in [0, 0.05) is 29.7 Å². The largest absolute Gasteiger partial charge is 0.507 e. The van der Waals surface area contributed by atoms with Gasteiger partial charge in [-0.2, -0.15) is 0 Å². The predicted molar refractivity (Wildman–Crippen MR) is 124 cm³/mol. The molecule has 0 spiro atoms. The van der Waals surface area contributed by atoms with Crippen LogP contribution < -0.4 is 16.0 Å². The number of aliphatic carboxylic acids is 1. The lowest BCUT2D eigenvalue weighted by Gasteiger charge is -2.20. The van der Waals surface area contributed by atoms with Crippen molar-refractivity contribution in [2.45, 2.75) is 25.8 Å². The number of aryl methyl sites for hydroxylation is 1. The number of phenolic OH excluding ortho intramolecular Hbond substituents is 1. The number of anilines is 1. The molecular formula is C22H24ClN5O6. The number of amidine groups is 1. The molecule has 0 fully saturated rings. The van der Waals surface area contributed by atoms with E-state index in [0.29, 0.717) is 30.4 Å². The Bertz CT molecular complexity index is 1120. The molecule has 2 amide bonds. The third kappa shape index (κ3) is 6.82. The van der Waals surface area contributed by atoms with E-state index >= 15 is 0 Å². The number of pyridine rings is 1. The first-order valence-electron chi connectivity index (χ1n) is 10.4. The van der Waals surface area contributed by atoms with E-state index in [4.69, 9.17) is 16.3 Å². The van der Waals surface area contributed by atoms with Crippen molar-refractivity contribution in [3.05, 3.63) is 52.3 Å². The van der Waals surface area contributed by atoms with E-state index in [2.05, 4.69) is 25.9 Å². The lowest BCUT2D eigenvalue weighted by molar-refractivity contribution is -0.137. The van der Waals surface area contributed by atoms with Crippen molar-refractivity contribution in [1.82, 2.24) is 15.6 Å². The number of ether oxygens (including phenoxy) is 1. The maximum atomic E-state index is 12.5. The number of carbonyl (C=O) groups is 3. The zero-order valence-electron chi connectivity index (χ0n) is 18.3. The third-order valence-corrected chi connectivity index (χ3v) is 5.06. The highest BCUT2D eigenvalue weighted by molar-refractivity contribution is 6.30. The molecule has 0 saturated carbocycles. The molecule has 3 rings (SSSR count). The molecule has 1 aromatic carbocycles. The molecule has 5 N–H and O–H groups in total. The number of aliphatic imine (C=N–C) groups is 1. The van der Waals surface area contributed by atoms with Crippen LogP contribution in [-0.2, 0) is 14.3 Å². The van der Waals surface area contributed by atoms with Crippen LogP contribution in [0.5, 0.6) is 5.75 Å². The fraction of sp³-hybridized carbons (Fsp3) is 0.318. The molecule has 0 radical (unpaired) electrons. The second-order valence-electron chi connectivity index (χ2n) is 7.54. The highest BCUT2D eigenvalue weighted by Gasteiger charge is 2.23. The Morgan fingerprint density at radius 2 is 2.03 bits per heavy atom. The number of hydrogen-bond acceptors (Lipinski definition) is 8. The van der Waals surface area contributed by atoms with Gasteiger partial charge in [-0.25, -0.2) is 4.99 Å². The van der Waals surface area contributed by atoms with Gasteiger partial charge in [-0.05, 0) is 30.7 Å². The molecule has 11 nitrogen and oxygen atoms in total. The minimum absolute atomic E-state index is 0.165. The third-order valence-electron chi connectivity index (χ3n) is 4.84. The fourth-order valence-corrected chi connectivity index (χ4v) is 3.52. The Morgan fingerprint density at radius 3 is 2.74 bits per heavy atom. The van der Waals surface area contributed by atoms with Crippen LogP contribution in [-0.4, -0.2) is 58.7 Å². The maximum absolute atomic E-state index is 12.5. The molecule has 1 aliphatic rings. The summed E-state index contributed by atoms with van der Waals surface area (Å²) in [5.41, 5.74) is 1.29. The molecule has 2 heterocycles. The Kier molecular flexibility index (Phi) is 8.25. The van der Waals surface area contributed by atoms with Crippen LogP contribution in [0.2, 0.25) is 5.02 Å². The van der Waals surface area contributed by atoms with Gasteiger partial charge in [0.05, 0.1) is 43.1 Å². The van der Waals surface area contributed by atoms with Crippen LogP contribution in [0.3, 0.4) is 0 Å². The maximum Gasteiger partial charge on any atom is 0.305 e. The number of aromatic nitrogens is 1. The summed E-state index contributed by atoms with van der Waals surface area (Å²) in [7, 11) is 0. The molecule has 2 aromatic rings. The Labute approximate surface area is 200 Å². The summed E-state index contributed by atoms with van der Waals surface area (Å²) in [6.07, 6.45) is 3.18. The molecule has 0 unspecified atom stereocenters. The Hall–Kier alpha value is -3.86. The minimum atomic E-state index is -1.19. The minimum Gasteiger partial charge on any atom is -0.507 e. The Balaban J connectivity index is 1.62. The highest BCUT2D eigenvalue weighted by Crippen LogP contribution is 2.32. The summed E-state index contributed by atoms with van der Waals surface area (Å²) >= 11 is 6.03. The second kappa shape index (κ2) is 11.3. The molecule has 180 valence electrons. The van der Waals surface area contributed by atoms with Crippen molar-refractivity contribution < 1.29 is 29.3 Å². The normalized spacial score (nSPS) is 13.8.